The first-order chi connectivity index (χ1) is 9.07. The van der Waals surface area contributed by atoms with Crippen molar-refractivity contribution >= 4 is 5.91 Å². The highest BCUT2D eigenvalue weighted by atomic mass is 16.2. The Morgan fingerprint density at radius 3 is 2.25 bits per heavy atom. The number of carbonyl (C=O) groups excluding carboxylic acids is 1. The maximum atomic E-state index is 12.3. The maximum Gasteiger partial charge on any atom is 0.227 e. The van der Waals surface area contributed by atoms with Crippen LogP contribution in [0.1, 0.15) is 67.7 Å². The molecule has 1 amide bonds. The van der Waals surface area contributed by atoms with Gasteiger partial charge in [0.1, 0.15) is 0 Å². The van der Waals surface area contributed by atoms with E-state index in [0.29, 0.717) is 0 Å². The van der Waals surface area contributed by atoms with Crippen molar-refractivity contribution in [2.24, 2.45) is 16.7 Å². The van der Waals surface area contributed by atoms with Gasteiger partial charge in [0.15, 0.2) is 0 Å². The van der Waals surface area contributed by atoms with E-state index < -0.39 is 0 Å². The van der Waals surface area contributed by atoms with Crippen molar-refractivity contribution in [3.63, 3.8) is 0 Å². The average molecular weight is 280 g/mol. The van der Waals surface area contributed by atoms with Crippen LogP contribution in [-0.4, -0.2) is 23.9 Å². The van der Waals surface area contributed by atoms with Gasteiger partial charge in [-0.2, -0.15) is 5.26 Å². The molecule has 0 N–H and O–H groups in total. The summed E-state index contributed by atoms with van der Waals surface area (Å²) in [4.78, 5) is 14.2. The molecule has 0 aromatic rings. The average Bonchev–Trinajstić information content (AvgIpc) is 2.46. The fourth-order valence-electron chi connectivity index (χ4n) is 2.50. The Labute approximate surface area is 125 Å². The lowest BCUT2D eigenvalue weighted by atomic mass is 9.83. The molecule has 3 nitrogen and oxygen atoms in total. The lowest BCUT2D eigenvalue weighted by molar-refractivity contribution is -0.140. The van der Waals surface area contributed by atoms with Crippen LogP contribution >= 0.6 is 0 Å². The van der Waals surface area contributed by atoms with Crippen LogP contribution in [0.15, 0.2) is 0 Å². The minimum absolute atomic E-state index is 0.0395. The topological polar surface area (TPSA) is 44.1 Å². The summed E-state index contributed by atoms with van der Waals surface area (Å²) in [5.41, 5.74) is -0.291. The molecule has 0 bridgehead atoms. The molecular weight excluding hydrogens is 248 g/mol. The highest BCUT2D eigenvalue weighted by molar-refractivity contribution is 5.81. The SMILES string of the molecule is CC1(C)CC(C#N)CCN(C(=O)C(C)(C)C)C1.CCC. The highest BCUT2D eigenvalue weighted by Crippen LogP contribution is 2.33. The zero-order valence-corrected chi connectivity index (χ0v) is 14.4. The minimum Gasteiger partial charge on any atom is -0.342 e. The van der Waals surface area contributed by atoms with Gasteiger partial charge in [-0.05, 0) is 18.3 Å². The van der Waals surface area contributed by atoms with E-state index >= 15 is 0 Å². The molecule has 20 heavy (non-hydrogen) atoms. The van der Waals surface area contributed by atoms with Crippen LogP contribution in [0.3, 0.4) is 0 Å². The van der Waals surface area contributed by atoms with Gasteiger partial charge in [-0.3, -0.25) is 4.79 Å². The summed E-state index contributed by atoms with van der Waals surface area (Å²) in [6.07, 6.45) is 2.94. The molecule has 1 unspecified atom stereocenters. The quantitative estimate of drug-likeness (QED) is 0.666. The van der Waals surface area contributed by atoms with Crippen molar-refractivity contribution in [1.29, 1.82) is 5.26 Å². The lowest BCUT2D eigenvalue weighted by Crippen LogP contribution is -2.43. The first-order valence-electron chi connectivity index (χ1n) is 7.76. The third-order valence-electron chi connectivity index (χ3n) is 3.28. The molecule has 1 aliphatic rings. The van der Waals surface area contributed by atoms with Crippen LogP contribution in [0.2, 0.25) is 0 Å². The van der Waals surface area contributed by atoms with Gasteiger partial charge in [-0.1, -0.05) is 54.9 Å². The number of rotatable bonds is 0. The number of likely N-dealkylation sites (tertiary alicyclic amines) is 1. The van der Waals surface area contributed by atoms with Crippen LogP contribution in [0, 0.1) is 28.1 Å². The molecule has 0 aromatic heterocycles. The molecule has 1 heterocycles. The molecular formula is C17H32N2O. The van der Waals surface area contributed by atoms with Crippen LogP contribution in [0.5, 0.6) is 0 Å². The number of nitrogens with zero attached hydrogens (tertiary/aromatic N) is 2. The van der Waals surface area contributed by atoms with E-state index in [0.717, 1.165) is 25.9 Å². The van der Waals surface area contributed by atoms with Crippen molar-refractivity contribution in [2.75, 3.05) is 13.1 Å². The fraction of sp³-hybridized carbons (Fsp3) is 0.882. The van der Waals surface area contributed by atoms with Gasteiger partial charge in [-0.25, -0.2) is 0 Å². The van der Waals surface area contributed by atoms with Gasteiger partial charge in [0.2, 0.25) is 5.91 Å². The molecule has 3 heteroatoms. The van der Waals surface area contributed by atoms with Crippen molar-refractivity contribution in [2.45, 2.75) is 67.7 Å². The third-order valence-corrected chi connectivity index (χ3v) is 3.28. The first kappa shape index (κ1) is 19.0. The predicted octanol–water partition coefficient (Wildman–Crippen LogP) is 4.24. The molecule has 0 spiro atoms. The van der Waals surface area contributed by atoms with E-state index in [9.17, 15) is 4.79 Å². The zero-order chi connectivity index (χ0) is 16.0. The second-order valence-electron chi connectivity index (χ2n) is 7.67. The fourth-order valence-corrected chi connectivity index (χ4v) is 2.50. The van der Waals surface area contributed by atoms with Gasteiger partial charge in [0.25, 0.3) is 0 Å². The molecule has 1 saturated heterocycles. The summed E-state index contributed by atoms with van der Waals surface area (Å²) in [5.74, 6) is 0.284. The minimum atomic E-state index is -0.331. The molecule has 0 aromatic carbocycles. The van der Waals surface area contributed by atoms with E-state index in [2.05, 4.69) is 33.8 Å². The van der Waals surface area contributed by atoms with Gasteiger partial charge >= 0.3 is 0 Å². The van der Waals surface area contributed by atoms with Gasteiger partial charge in [0.05, 0.1) is 6.07 Å². The largest absolute Gasteiger partial charge is 0.342 e. The number of carbonyl (C=O) groups is 1. The molecule has 1 rings (SSSR count). The summed E-state index contributed by atoms with van der Waals surface area (Å²) in [7, 11) is 0. The van der Waals surface area contributed by atoms with E-state index in [1.165, 1.54) is 6.42 Å². The van der Waals surface area contributed by atoms with E-state index in [1.54, 1.807) is 0 Å². The van der Waals surface area contributed by atoms with E-state index in [-0.39, 0.29) is 22.7 Å². The standard InChI is InChI=1S/C14H24N2O.C3H8/c1-13(2,3)12(17)16-7-6-11(9-15)8-14(4,5)10-16;1-3-2/h11H,6-8,10H2,1-5H3;3H2,1-2H3. The van der Waals surface area contributed by atoms with Crippen LogP contribution in [0.4, 0.5) is 0 Å². The number of hydrogen-bond acceptors (Lipinski definition) is 2. The molecule has 1 atom stereocenters. The summed E-state index contributed by atoms with van der Waals surface area (Å²) in [6, 6.07) is 2.36. The number of hydrogen-bond donors (Lipinski definition) is 0. The molecule has 1 aliphatic heterocycles. The molecule has 1 fully saturated rings. The van der Waals surface area contributed by atoms with Crippen molar-refractivity contribution < 1.29 is 4.79 Å². The smallest absolute Gasteiger partial charge is 0.227 e. The van der Waals surface area contributed by atoms with Crippen LogP contribution < -0.4 is 0 Å². The third kappa shape index (κ3) is 6.41. The maximum absolute atomic E-state index is 12.3. The predicted molar refractivity (Wildman–Crippen MR) is 84.1 cm³/mol. The van der Waals surface area contributed by atoms with Gasteiger partial charge in [-0.15, -0.1) is 0 Å². The normalized spacial score (nSPS) is 22.1. The Kier molecular flexibility index (Phi) is 7.27. The lowest BCUT2D eigenvalue weighted by Gasteiger charge is -2.33. The summed E-state index contributed by atoms with van der Waals surface area (Å²) < 4.78 is 0. The summed E-state index contributed by atoms with van der Waals surface area (Å²) >= 11 is 0. The second-order valence-corrected chi connectivity index (χ2v) is 7.67. The molecule has 0 radical (unpaired) electrons. The number of amides is 1. The first-order valence-corrected chi connectivity index (χ1v) is 7.76. The molecule has 116 valence electrons. The molecule has 0 aliphatic carbocycles. The number of nitriles is 1. The highest BCUT2D eigenvalue weighted by Gasteiger charge is 2.35. The van der Waals surface area contributed by atoms with Crippen molar-refractivity contribution in [3.8, 4) is 6.07 Å². The Hall–Kier alpha value is -1.04. The Bertz CT molecular complexity index is 347. The Balaban J connectivity index is 0.00000110. The second kappa shape index (κ2) is 7.67. The summed E-state index contributed by atoms with van der Waals surface area (Å²) in [5, 5.41) is 9.08. The van der Waals surface area contributed by atoms with Crippen LogP contribution in [0.25, 0.3) is 0 Å². The summed E-state index contributed by atoms with van der Waals surface area (Å²) in [6.45, 7) is 15.9. The monoisotopic (exact) mass is 280 g/mol. The van der Waals surface area contributed by atoms with E-state index in [1.807, 2.05) is 25.7 Å². The van der Waals surface area contributed by atoms with E-state index in [4.69, 9.17) is 5.26 Å². The van der Waals surface area contributed by atoms with Crippen LogP contribution in [-0.2, 0) is 4.79 Å². The zero-order valence-electron chi connectivity index (χ0n) is 14.4. The Morgan fingerprint density at radius 1 is 1.35 bits per heavy atom. The van der Waals surface area contributed by atoms with Crippen molar-refractivity contribution in [3.05, 3.63) is 0 Å². The Morgan fingerprint density at radius 2 is 1.85 bits per heavy atom. The van der Waals surface area contributed by atoms with Gasteiger partial charge in [0, 0.05) is 24.4 Å². The van der Waals surface area contributed by atoms with Gasteiger partial charge < -0.3 is 4.90 Å². The molecule has 0 saturated carbocycles. The van der Waals surface area contributed by atoms with Crippen molar-refractivity contribution in [1.82, 2.24) is 4.90 Å².